The third-order valence-electron chi connectivity index (χ3n) is 2.99. The zero-order valence-electron chi connectivity index (χ0n) is 9.20. The first-order valence-corrected chi connectivity index (χ1v) is 6.22. The van der Waals surface area contributed by atoms with E-state index in [1.807, 2.05) is 0 Å². The van der Waals surface area contributed by atoms with Crippen molar-refractivity contribution in [3.05, 3.63) is 0 Å². The fraction of sp³-hybridized carbons (Fsp3) is 0.800. The second-order valence-corrected chi connectivity index (χ2v) is 5.44. The van der Waals surface area contributed by atoms with Crippen LogP contribution >= 0.6 is 23.2 Å². The molecule has 0 heterocycles. The summed E-state index contributed by atoms with van der Waals surface area (Å²) < 4.78 is 4.84. The molecule has 1 rings (SSSR count). The lowest BCUT2D eigenvalue weighted by Gasteiger charge is -2.35. The van der Waals surface area contributed by atoms with Crippen molar-refractivity contribution in [2.75, 3.05) is 6.61 Å². The van der Waals surface area contributed by atoms with Gasteiger partial charge in [-0.15, -0.1) is 23.2 Å². The van der Waals surface area contributed by atoms with Gasteiger partial charge in [0.15, 0.2) is 0 Å². The molecule has 1 aliphatic rings. The first-order chi connectivity index (χ1) is 7.88. The molecule has 0 aromatic heterocycles. The van der Waals surface area contributed by atoms with Crippen LogP contribution in [0, 0.1) is 5.92 Å². The van der Waals surface area contributed by atoms with Crippen molar-refractivity contribution < 1.29 is 19.4 Å². The summed E-state index contributed by atoms with van der Waals surface area (Å²) in [6.45, 7) is -0.159. The molecular weight excluding hydrogens is 269 g/mol. The molecule has 0 spiro atoms. The van der Waals surface area contributed by atoms with E-state index >= 15 is 0 Å². The Morgan fingerprint density at radius 3 is 2.65 bits per heavy atom. The Labute approximate surface area is 109 Å². The van der Waals surface area contributed by atoms with Crippen LogP contribution < -0.4 is 5.73 Å². The molecule has 5 nitrogen and oxygen atoms in total. The quantitative estimate of drug-likeness (QED) is 0.600. The lowest BCUT2D eigenvalue weighted by molar-refractivity contribution is -0.161. The zero-order valence-corrected chi connectivity index (χ0v) is 10.7. The summed E-state index contributed by atoms with van der Waals surface area (Å²) in [7, 11) is 0. The van der Waals surface area contributed by atoms with Crippen LogP contribution in [0.2, 0.25) is 0 Å². The van der Waals surface area contributed by atoms with Crippen molar-refractivity contribution in [3.63, 3.8) is 0 Å². The summed E-state index contributed by atoms with van der Waals surface area (Å²) in [5.74, 6) is -2.64. The number of alkyl halides is 2. The average Bonchev–Trinajstić information content (AvgIpc) is 2.26. The summed E-state index contributed by atoms with van der Waals surface area (Å²) in [6.07, 6.45) is 2.14. The standard InChI is InChI=1S/C10H15Cl2NO4/c11-7(12)5-17-8(14)6-3-1-2-4-10(6,13)9(15)16/h6-7H,1-5,13H2,(H,15,16). The summed E-state index contributed by atoms with van der Waals surface area (Å²) in [6, 6.07) is 0. The van der Waals surface area contributed by atoms with Gasteiger partial charge in [-0.05, 0) is 12.8 Å². The number of hydrogen-bond donors (Lipinski definition) is 2. The van der Waals surface area contributed by atoms with Gasteiger partial charge < -0.3 is 15.6 Å². The first-order valence-electron chi connectivity index (χ1n) is 5.35. The highest BCUT2D eigenvalue weighted by atomic mass is 35.5. The third kappa shape index (κ3) is 3.47. The maximum absolute atomic E-state index is 11.7. The lowest BCUT2D eigenvalue weighted by atomic mass is 9.73. The average molecular weight is 284 g/mol. The number of aliphatic carboxylic acids is 1. The molecule has 0 radical (unpaired) electrons. The molecule has 0 amide bonds. The number of esters is 1. The summed E-state index contributed by atoms with van der Waals surface area (Å²) >= 11 is 10.9. The van der Waals surface area contributed by atoms with Crippen LogP contribution in [0.15, 0.2) is 0 Å². The molecular formula is C10H15Cl2NO4. The molecule has 1 saturated carbocycles. The Morgan fingerprint density at radius 2 is 2.12 bits per heavy atom. The number of carboxylic acids is 1. The van der Waals surface area contributed by atoms with Crippen molar-refractivity contribution in [1.82, 2.24) is 0 Å². The van der Waals surface area contributed by atoms with Gasteiger partial charge in [0.2, 0.25) is 0 Å². The molecule has 0 aromatic rings. The number of carbonyl (C=O) groups is 2. The topological polar surface area (TPSA) is 89.6 Å². The Morgan fingerprint density at radius 1 is 1.47 bits per heavy atom. The van der Waals surface area contributed by atoms with Crippen molar-refractivity contribution in [2.45, 2.75) is 36.1 Å². The van der Waals surface area contributed by atoms with Gasteiger partial charge in [-0.2, -0.15) is 0 Å². The van der Waals surface area contributed by atoms with E-state index < -0.39 is 28.2 Å². The molecule has 2 unspecified atom stereocenters. The molecule has 1 fully saturated rings. The van der Waals surface area contributed by atoms with Crippen molar-refractivity contribution in [2.24, 2.45) is 11.7 Å². The molecule has 7 heteroatoms. The van der Waals surface area contributed by atoms with Gasteiger partial charge in [0.05, 0.1) is 5.92 Å². The summed E-state index contributed by atoms with van der Waals surface area (Å²) in [5, 5.41) is 9.11. The number of carbonyl (C=O) groups excluding carboxylic acids is 1. The molecule has 1 aliphatic carbocycles. The van der Waals surface area contributed by atoms with Gasteiger partial charge in [-0.25, -0.2) is 0 Å². The Hall–Kier alpha value is -0.520. The molecule has 98 valence electrons. The molecule has 2 atom stereocenters. The second-order valence-electron chi connectivity index (χ2n) is 4.17. The number of hydrogen-bond acceptors (Lipinski definition) is 4. The van der Waals surface area contributed by atoms with Crippen molar-refractivity contribution >= 4 is 35.1 Å². The van der Waals surface area contributed by atoms with Gasteiger partial charge in [-0.1, -0.05) is 12.8 Å². The van der Waals surface area contributed by atoms with Gasteiger partial charge in [0.25, 0.3) is 0 Å². The van der Waals surface area contributed by atoms with E-state index in [0.29, 0.717) is 12.8 Å². The maximum atomic E-state index is 11.7. The minimum atomic E-state index is -1.54. The van der Waals surface area contributed by atoms with E-state index in [4.69, 9.17) is 38.8 Å². The first kappa shape index (κ1) is 14.5. The number of nitrogens with two attached hydrogens (primary N) is 1. The van der Waals surface area contributed by atoms with E-state index in [9.17, 15) is 9.59 Å². The van der Waals surface area contributed by atoms with E-state index in [1.54, 1.807) is 0 Å². The van der Waals surface area contributed by atoms with Crippen molar-refractivity contribution in [3.8, 4) is 0 Å². The van der Waals surface area contributed by atoms with E-state index in [0.717, 1.165) is 6.42 Å². The van der Waals surface area contributed by atoms with Gasteiger partial charge in [0.1, 0.15) is 17.0 Å². The molecule has 0 bridgehead atoms. The largest absolute Gasteiger partial charge is 0.480 e. The van der Waals surface area contributed by atoms with E-state index in [1.165, 1.54) is 0 Å². The van der Waals surface area contributed by atoms with Crippen LogP contribution in [0.1, 0.15) is 25.7 Å². The van der Waals surface area contributed by atoms with Gasteiger partial charge in [-0.3, -0.25) is 9.59 Å². The smallest absolute Gasteiger partial charge is 0.324 e. The van der Waals surface area contributed by atoms with Crippen LogP contribution in [-0.4, -0.2) is 34.0 Å². The number of rotatable bonds is 4. The number of halogens is 2. The minimum absolute atomic E-state index is 0.159. The van der Waals surface area contributed by atoms with E-state index in [2.05, 4.69) is 0 Å². The normalized spacial score (nSPS) is 29.1. The maximum Gasteiger partial charge on any atom is 0.324 e. The molecule has 0 saturated heterocycles. The monoisotopic (exact) mass is 283 g/mol. The van der Waals surface area contributed by atoms with Gasteiger partial charge in [0, 0.05) is 0 Å². The summed E-state index contributed by atoms with van der Waals surface area (Å²) in [5.41, 5.74) is 4.25. The van der Waals surface area contributed by atoms with Crippen LogP contribution in [0.5, 0.6) is 0 Å². The van der Waals surface area contributed by atoms with Crippen molar-refractivity contribution in [1.29, 1.82) is 0 Å². The molecule has 0 aromatic carbocycles. The predicted octanol–water partition coefficient (Wildman–Crippen LogP) is 1.31. The number of carboxylic acid groups (broad SMARTS) is 1. The summed E-state index contributed by atoms with van der Waals surface area (Å²) in [4.78, 5) is 22.1. The van der Waals surface area contributed by atoms with Gasteiger partial charge >= 0.3 is 11.9 Å². The zero-order chi connectivity index (χ0) is 13.1. The van der Waals surface area contributed by atoms with Crippen LogP contribution in [0.4, 0.5) is 0 Å². The molecule has 3 N–H and O–H groups in total. The van der Waals surface area contributed by atoms with Crippen LogP contribution in [0.25, 0.3) is 0 Å². The molecule has 0 aliphatic heterocycles. The second kappa shape index (κ2) is 5.89. The highest BCUT2D eigenvalue weighted by Crippen LogP contribution is 2.33. The third-order valence-corrected chi connectivity index (χ3v) is 3.24. The number of ether oxygens (including phenoxy) is 1. The Bertz CT molecular complexity index is 311. The lowest BCUT2D eigenvalue weighted by Crippen LogP contribution is -2.58. The Balaban J connectivity index is 2.71. The highest BCUT2D eigenvalue weighted by Gasteiger charge is 2.48. The molecule has 17 heavy (non-hydrogen) atoms. The fourth-order valence-corrected chi connectivity index (χ4v) is 2.15. The van der Waals surface area contributed by atoms with Crippen LogP contribution in [-0.2, 0) is 14.3 Å². The minimum Gasteiger partial charge on any atom is -0.480 e. The Kier molecular flexibility index (Phi) is 5.04. The van der Waals surface area contributed by atoms with E-state index in [-0.39, 0.29) is 13.0 Å². The predicted molar refractivity (Wildman–Crippen MR) is 63.0 cm³/mol. The highest BCUT2D eigenvalue weighted by molar-refractivity contribution is 6.44. The fourth-order valence-electron chi connectivity index (χ4n) is 2.03. The van der Waals surface area contributed by atoms with Crippen LogP contribution in [0.3, 0.4) is 0 Å². The SMILES string of the molecule is NC1(C(=O)O)CCCCC1C(=O)OCC(Cl)Cl.